The Morgan fingerprint density at radius 2 is 1.62 bits per heavy atom. The van der Waals surface area contributed by atoms with Crippen LogP contribution in [0, 0.1) is 18.7 Å². The van der Waals surface area contributed by atoms with Crippen LogP contribution in [0.15, 0.2) is 57.2 Å². The van der Waals surface area contributed by atoms with Crippen molar-refractivity contribution in [3.8, 4) is 0 Å². The molecule has 158 valence electrons. The Hall–Kier alpha value is -1.81. The second-order valence-corrected chi connectivity index (χ2v) is 10.8. The van der Waals surface area contributed by atoms with Crippen molar-refractivity contribution >= 4 is 19.9 Å². The van der Waals surface area contributed by atoms with Gasteiger partial charge in [-0.25, -0.2) is 25.9 Å². The van der Waals surface area contributed by atoms with Crippen LogP contribution in [0.4, 0.5) is 4.39 Å². The lowest BCUT2D eigenvalue weighted by Crippen LogP contribution is -2.28. The fourth-order valence-corrected chi connectivity index (χ4v) is 5.97. The van der Waals surface area contributed by atoms with E-state index in [-0.39, 0.29) is 21.2 Å². The van der Waals surface area contributed by atoms with Gasteiger partial charge < -0.3 is 4.74 Å². The van der Waals surface area contributed by atoms with Gasteiger partial charge in [-0.1, -0.05) is 6.07 Å². The van der Waals surface area contributed by atoms with Crippen LogP contribution in [-0.2, 0) is 24.6 Å². The van der Waals surface area contributed by atoms with Crippen molar-refractivity contribution in [2.45, 2.75) is 40.9 Å². The molecule has 2 aromatic rings. The van der Waals surface area contributed by atoms with Gasteiger partial charge in [0.1, 0.15) is 5.82 Å². The normalized spacial score (nSPS) is 16.1. The molecule has 29 heavy (non-hydrogen) atoms. The van der Waals surface area contributed by atoms with Gasteiger partial charge in [-0.2, -0.15) is 0 Å². The summed E-state index contributed by atoms with van der Waals surface area (Å²) in [6.45, 7) is 3.28. The molecule has 1 aliphatic rings. The predicted octanol–water partition coefficient (Wildman–Crippen LogP) is 3.06. The number of hydrogen-bond donors (Lipinski definition) is 1. The number of sulfone groups is 1. The number of aryl methyl sites for hydroxylation is 1. The molecule has 0 radical (unpaired) electrons. The molecule has 1 aliphatic heterocycles. The average Bonchev–Trinajstić information content (AvgIpc) is 2.69. The minimum atomic E-state index is -3.97. The molecule has 0 atom stereocenters. The van der Waals surface area contributed by atoms with Gasteiger partial charge in [0.15, 0.2) is 0 Å². The first-order valence-corrected chi connectivity index (χ1v) is 12.4. The lowest BCUT2D eigenvalue weighted by molar-refractivity contribution is 0.0644. The molecule has 0 saturated carbocycles. The summed E-state index contributed by atoms with van der Waals surface area (Å²) in [5.41, 5.74) is 0.446. The fourth-order valence-electron chi connectivity index (χ4n) is 3.30. The Labute approximate surface area is 171 Å². The molecule has 1 heterocycles. The highest BCUT2D eigenvalue weighted by atomic mass is 32.2. The van der Waals surface area contributed by atoms with E-state index in [9.17, 15) is 21.2 Å². The van der Waals surface area contributed by atoms with E-state index in [0.717, 1.165) is 43.2 Å². The zero-order valence-electron chi connectivity index (χ0n) is 16.1. The summed E-state index contributed by atoms with van der Waals surface area (Å²) in [5, 5.41) is 0. The number of halogens is 1. The quantitative estimate of drug-likeness (QED) is 0.667. The first kappa shape index (κ1) is 21.9. The summed E-state index contributed by atoms with van der Waals surface area (Å²) >= 11 is 0. The first-order chi connectivity index (χ1) is 13.7. The van der Waals surface area contributed by atoms with Gasteiger partial charge in [-0.3, -0.25) is 0 Å². The van der Waals surface area contributed by atoms with Gasteiger partial charge >= 0.3 is 0 Å². The van der Waals surface area contributed by atoms with E-state index in [2.05, 4.69) is 4.72 Å². The molecule has 1 saturated heterocycles. The molecule has 0 spiro atoms. The zero-order valence-corrected chi connectivity index (χ0v) is 17.7. The standard InChI is InChI=1S/C20H24FNO5S2/c1-15-2-5-19(28(23,24)18-6-3-17(21)4-7-18)14-20(15)29(25,26)22-11-8-16-9-12-27-13-10-16/h2-7,14,16,22H,8-13H2,1H3. The highest BCUT2D eigenvalue weighted by Gasteiger charge is 2.24. The smallest absolute Gasteiger partial charge is 0.240 e. The van der Waals surface area contributed by atoms with Crippen LogP contribution >= 0.6 is 0 Å². The summed E-state index contributed by atoms with van der Waals surface area (Å²) in [6.07, 6.45) is 2.52. The van der Waals surface area contributed by atoms with E-state index < -0.39 is 25.7 Å². The second-order valence-electron chi connectivity index (χ2n) is 7.13. The van der Waals surface area contributed by atoms with Gasteiger partial charge in [-0.05, 0) is 74.1 Å². The Morgan fingerprint density at radius 3 is 2.28 bits per heavy atom. The van der Waals surface area contributed by atoms with Gasteiger partial charge in [0.25, 0.3) is 0 Å². The maximum absolute atomic E-state index is 13.1. The summed E-state index contributed by atoms with van der Waals surface area (Å²) in [5.74, 6) is -0.136. The third-order valence-corrected chi connectivity index (χ3v) is 8.44. The van der Waals surface area contributed by atoms with E-state index in [1.54, 1.807) is 6.92 Å². The van der Waals surface area contributed by atoms with E-state index in [0.29, 0.717) is 31.1 Å². The minimum Gasteiger partial charge on any atom is -0.381 e. The van der Waals surface area contributed by atoms with E-state index >= 15 is 0 Å². The van der Waals surface area contributed by atoms with Crippen molar-refractivity contribution in [3.05, 3.63) is 53.8 Å². The third-order valence-electron chi connectivity index (χ3n) is 5.07. The number of benzene rings is 2. The van der Waals surface area contributed by atoms with Crippen LogP contribution < -0.4 is 4.72 Å². The molecule has 1 N–H and O–H groups in total. The highest BCUT2D eigenvalue weighted by Crippen LogP contribution is 2.26. The summed E-state index contributed by atoms with van der Waals surface area (Å²) < 4.78 is 72.2. The Morgan fingerprint density at radius 1 is 1.00 bits per heavy atom. The molecule has 2 aromatic carbocycles. The molecule has 0 aromatic heterocycles. The van der Waals surface area contributed by atoms with Crippen molar-refractivity contribution in [3.63, 3.8) is 0 Å². The maximum atomic E-state index is 13.1. The lowest BCUT2D eigenvalue weighted by atomic mass is 9.97. The van der Waals surface area contributed by atoms with Crippen molar-refractivity contribution in [1.29, 1.82) is 0 Å². The van der Waals surface area contributed by atoms with Crippen LogP contribution in [0.5, 0.6) is 0 Å². The van der Waals surface area contributed by atoms with Gasteiger partial charge in [0.05, 0.1) is 14.7 Å². The van der Waals surface area contributed by atoms with Crippen molar-refractivity contribution in [2.24, 2.45) is 5.92 Å². The number of hydrogen-bond acceptors (Lipinski definition) is 5. The van der Waals surface area contributed by atoms with Crippen LogP contribution in [-0.4, -0.2) is 36.6 Å². The molecule has 3 rings (SSSR count). The molecule has 1 fully saturated rings. The second kappa shape index (κ2) is 8.91. The molecule has 6 nitrogen and oxygen atoms in total. The Balaban J connectivity index is 1.81. The van der Waals surface area contributed by atoms with Crippen LogP contribution in [0.1, 0.15) is 24.8 Å². The van der Waals surface area contributed by atoms with Crippen molar-refractivity contribution in [1.82, 2.24) is 4.72 Å². The number of sulfonamides is 1. The SMILES string of the molecule is Cc1ccc(S(=O)(=O)c2ccc(F)cc2)cc1S(=O)(=O)NCCC1CCOCC1. The molecule has 0 aliphatic carbocycles. The van der Waals surface area contributed by atoms with Gasteiger partial charge in [0, 0.05) is 19.8 Å². The minimum absolute atomic E-state index is 0.0762. The molecular weight excluding hydrogens is 417 g/mol. The highest BCUT2D eigenvalue weighted by molar-refractivity contribution is 7.91. The molecule has 0 bridgehead atoms. The molecule has 0 unspecified atom stereocenters. The lowest BCUT2D eigenvalue weighted by Gasteiger charge is -2.22. The Kier molecular flexibility index (Phi) is 6.72. The van der Waals surface area contributed by atoms with Crippen LogP contribution in [0.2, 0.25) is 0 Å². The van der Waals surface area contributed by atoms with Crippen LogP contribution in [0.3, 0.4) is 0 Å². The molecule has 9 heteroatoms. The summed E-state index contributed by atoms with van der Waals surface area (Å²) in [7, 11) is -7.83. The summed E-state index contributed by atoms with van der Waals surface area (Å²) in [4.78, 5) is -0.328. The van der Waals surface area contributed by atoms with Crippen LogP contribution in [0.25, 0.3) is 0 Å². The summed E-state index contributed by atoms with van der Waals surface area (Å²) in [6, 6.07) is 8.40. The van der Waals surface area contributed by atoms with Gasteiger partial charge in [-0.15, -0.1) is 0 Å². The monoisotopic (exact) mass is 441 g/mol. The zero-order chi connectivity index (χ0) is 21.1. The molecule has 0 amide bonds. The van der Waals surface area contributed by atoms with E-state index in [4.69, 9.17) is 4.74 Å². The number of ether oxygens (including phenoxy) is 1. The first-order valence-electron chi connectivity index (χ1n) is 9.39. The average molecular weight is 442 g/mol. The van der Waals surface area contributed by atoms with E-state index in [1.165, 1.54) is 12.1 Å². The third kappa shape index (κ3) is 5.22. The Bertz CT molecular complexity index is 1060. The fraction of sp³-hybridized carbons (Fsp3) is 0.400. The predicted molar refractivity (Wildman–Crippen MR) is 106 cm³/mol. The number of nitrogens with one attached hydrogen (secondary N) is 1. The largest absolute Gasteiger partial charge is 0.381 e. The maximum Gasteiger partial charge on any atom is 0.240 e. The topological polar surface area (TPSA) is 89.5 Å². The van der Waals surface area contributed by atoms with E-state index in [1.807, 2.05) is 0 Å². The molecular formula is C20H24FNO5S2. The number of rotatable bonds is 7. The van der Waals surface area contributed by atoms with Crippen molar-refractivity contribution < 1.29 is 26.0 Å². The van der Waals surface area contributed by atoms with Gasteiger partial charge in [0.2, 0.25) is 19.9 Å². The van der Waals surface area contributed by atoms with Crippen molar-refractivity contribution in [2.75, 3.05) is 19.8 Å².